The standard InChI is InChI=1S/C26H23BO4/c1-25(2)26(3,4)31-27(30-25)19-14-17-15-21(16-10-6-5-7-11-16)29-23(17)22-18-12-8-9-13-20(18)28-24(19)22/h5-15H,1-4H3. The van der Waals surface area contributed by atoms with Gasteiger partial charge in [-0.15, -0.1) is 0 Å². The first-order valence-electron chi connectivity index (χ1n) is 10.6. The van der Waals surface area contributed by atoms with Crippen LogP contribution < -0.4 is 5.46 Å². The van der Waals surface area contributed by atoms with Crippen LogP contribution in [0.25, 0.3) is 44.2 Å². The van der Waals surface area contributed by atoms with E-state index in [1.807, 2.05) is 36.4 Å². The van der Waals surface area contributed by atoms with Crippen LogP contribution in [0.1, 0.15) is 27.7 Å². The summed E-state index contributed by atoms with van der Waals surface area (Å²) in [7, 11) is -0.521. The molecule has 0 bridgehead atoms. The molecule has 31 heavy (non-hydrogen) atoms. The Morgan fingerprint density at radius 3 is 2.13 bits per heavy atom. The maximum absolute atomic E-state index is 6.39. The molecule has 1 fully saturated rings. The van der Waals surface area contributed by atoms with Gasteiger partial charge in [-0.2, -0.15) is 0 Å². The Hall–Kier alpha value is -3.02. The second kappa shape index (κ2) is 6.25. The lowest BCUT2D eigenvalue weighted by Gasteiger charge is -2.32. The topological polar surface area (TPSA) is 44.7 Å². The molecule has 3 heterocycles. The highest BCUT2D eigenvalue weighted by Gasteiger charge is 2.52. The zero-order valence-corrected chi connectivity index (χ0v) is 18.1. The number of hydrogen-bond acceptors (Lipinski definition) is 4. The largest absolute Gasteiger partial charge is 0.498 e. The molecule has 0 radical (unpaired) electrons. The third-order valence-electron chi connectivity index (χ3n) is 6.72. The lowest BCUT2D eigenvalue weighted by atomic mass is 9.77. The van der Waals surface area contributed by atoms with Crippen LogP contribution in [0.15, 0.2) is 75.6 Å². The Labute approximate surface area is 180 Å². The molecule has 4 nitrogen and oxygen atoms in total. The van der Waals surface area contributed by atoms with Gasteiger partial charge in [-0.1, -0.05) is 48.5 Å². The zero-order chi connectivity index (χ0) is 21.4. The Bertz CT molecular complexity index is 1430. The highest BCUT2D eigenvalue weighted by atomic mass is 16.7. The number of hydrogen-bond donors (Lipinski definition) is 0. The fraction of sp³-hybridized carbons (Fsp3) is 0.231. The molecule has 0 unspecified atom stereocenters. The molecule has 5 aromatic rings. The summed E-state index contributed by atoms with van der Waals surface area (Å²) >= 11 is 0. The average Bonchev–Trinajstić information content (AvgIpc) is 3.39. The van der Waals surface area contributed by atoms with Crippen molar-refractivity contribution in [2.24, 2.45) is 0 Å². The van der Waals surface area contributed by atoms with Crippen molar-refractivity contribution in [3.05, 3.63) is 66.7 Å². The van der Waals surface area contributed by atoms with Crippen molar-refractivity contribution in [2.45, 2.75) is 38.9 Å². The van der Waals surface area contributed by atoms with Crippen LogP contribution in [0.2, 0.25) is 0 Å². The fourth-order valence-corrected chi connectivity index (χ4v) is 4.30. The van der Waals surface area contributed by atoms with Crippen LogP contribution in [0, 0.1) is 0 Å². The molecular weight excluding hydrogens is 387 g/mol. The molecule has 0 spiro atoms. The molecule has 1 aliphatic rings. The van der Waals surface area contributed by atoms with E-state index in [1.165, 1.54) is 0 Å². The minimum absolute atomic E-state index is 0.434. The second-order valence-electron chi connectivity index (χ2n) is 9.25. The van der Waals surface area contributed by atoms with Crippen molar-refractivity contribution in [3.63, 3.8) is 0 Å². The van der Waals surface area contributed by atoms with Crippen molar-refractivity contribution in [1.29, 1.82) is 0 Å². The van der Waals surface area contributed by atoms with Crippen molar-refractivity contribution in [1.82, 2.24) is 0 Å². The predicted molar refractivity (Wildman–Crippen MR) is 125 cm³/mol. The summed E-state index contributed by atoms with van der Waals surface area (Å²) in [6, 6.07) is 22.4. The van der Waals surface area contributed by atoms with Crippen molar-refractivity contribution >= 4 is 45.5 Å². The maximum Gasteiger partial charge on any atom is 0.498 e. The zero-order valence-electron chi connectivity index (χ0n) is 18.1. The molecule has 1 saturated heterocycles. The molecule has 1 aliphatic heterocycles. The van der Waals surface area contributed by atoms with Gasteiger partial charge in [0, 0.05) is 21.8 Å². The Balaban J connectivity index is 1.66. The highest BCUT2D eigenvalue weighted by molar-refractivity contribution is 6.65. The molecule has 3 aromatic carbocycles. The number of para-hydroxylation sites is 1. The summed E-state index contributed by atoms with van der Waals surface area (Å²) < 4.78 is 25.5. The molecule has 0 N–H and O–H groups in total. The highest BCUT2D eigenvalue weighted by Crippen LogP contribution is 2.41. The number of fused-ring (bicyclic) bond motifs is 5. The molecule has 154 valence electrons. The molecular formula is C26H23BO4. The summed E-state index contributed by atoms with van der Waals surface area (Å²) in [5.41, 5.74) is 3.45. The van der Waals surface area contributed by atoms with Crippen LogP contribution in [-0.2, 0) is 9.31 Å². The van der Waals surface area contributed by atoms with Gasteiger partial charge in [-0.3, -0.25) is 0 Å². The van der Waals surface area contributed by atoms with Gasteiger partial charge >= 0.3 is 7.12 Å². The quantitative estimate of drug-likeness (QED) is 0.321. The number of benzene rings is 3. The van der Waals surface area contributed by atoms with Gasteiger partial charge in [0.25, 0.3) is 0 Å². The maximum atomic E-state index is 6.39. The normalized spacial score (nSPS) is 17.9. The fourth-order valence-electron chi connectivity index (χ4n) is 4.30. The minimum Gasteiger partial charge on any atom is -0.456 e. The van der Waals surface area contributed by atoms with Gasteiger partial charge in [0.1, 0.15) is 22.5 Å². The van der Waals surface area contributed by atoms with Crippen LogP contribution >= 0.6 is 0 Å². The van der Waals surface area contributed by atoms with E-state index < -0.39 is 18.3 Å². The monoisotopic (exact) mass is 410 g/mol. The summed E-state index contributed by atoms with van der Waals surface area (Å²) in [6.07, 6.45) is 0. The van der Waals surface area contributed by atoms with Crippen LogP contribution in [-0.4, -0.2) is 18.3 Å². The first kappa shape index (κ1) is 18.7. The number of furan rings is 2. The summed E-state index contributed by atoms with van der Waals surface area (Å²) in [6.45, 7) is 8.25. The smallest absolute Gasteiger partial charge is 0.456 e. The van der Waals surface area contributed by atoms with Gasteiger partial charge in [0.05, 0.1) is 16.6 Å². The average molecular weight is 410 g/mol. The van der Waals surface area contributed by atoms with Gasteiger partial charge in [0.2, 0.25) is 0 Å². The van der Waals surface area contributed by atoms with E-state index in [0.717, 1.165) is 49.7 Å². The van der Waals surface area contributed by atoms with Crippen molar-refractivity contribution < 1.29 is 18.1 Å². The van der Waals surface area contributed by atoms with Crippen LogP contribution in [0.5, 0.6) is 0 Å². The molecule has 5 heteroatoms. The van der Waals surface area contributed by atoms with E-state index in [-0.39, 0.29) is 0 Å². The third-order valence-corrected chi connectivity index (χ3v) is 6.72. The van der Waals surface area contributed by atoms with Crippen molar-refractivity contribution in [2.75, 3.05) is 0 Å². The molecule has 0 atom stereocenters. The van der Waals surface area contributed by atoms with E-state index in [1.54, 1.807) is 0 Å². The summed E-state index contributed by atoms with van der Waals surface area (Å²) in [4.78, 5) is 0. The van der Waals surface area contributed by atoms with Gasteiger partial charge < -0.3 is 18.1 Å². The van der Waals surface area contributed by atoms with Gasteiger partial charge in [-0.25, -0.2) is 0 Å². The van der Waals surface area contributed by atoms with Crippen LogP contribution in [0.4, 0.5) is 0 Å². The number of rotatable bonds is 2. The molecule has 0 aliphatic carbocycles. The summed E-state index contributed by atoms with van der Waals surface area (Å²) in [5, 5.41) is 2.98. The SMILES string of the molecule is CC1(C)OB(c2cc3cc(-c4ccccc4)oc3c3c2oc2ccccc23)OC1(C)C. The minimum atomic E-state index is -0.521. The van der Waals surface area contributed by atoms with Crippen LogP contribution in [0.3, 0.4) is 0 Å². The molecule has 0 amide bonds. The molecule has 2 aromatic heterocycles. The van der Waals surface area contributed by atoms with Crippen molar-refractivity contribution in [3.8, 4) is 11.3 Å². The lowest BCUT2D eigenvalue weighted by Crippen LogP contribution is -2.41. The predicted octanol–water partition coefficient (Wildman–Crippen LogP) is 6.30. The lowest BCUT2D eigenvalue weighted by molar-refractivity contribution is 0.00578. The Morgan fingerprint density at radius 1 is 0.710 bits per heavy atom. The van der Waals surface area contributed by atoms with E-state index in [4.69, 9.17) is 18.1 Å². The van der Waals surface area contributed by atoms with E-state index >= 15 is 0 Å². The second-order valence-corrected chi connectivity index (χ2v) is 9.25. The Morgan fingerprint density at radius 2 is 1.39 bits per heavy atom. The van der Waals surface area contributed by atoms with E-state index in [0.29, 0.717) is 0 Å². The van der Waals surface area contributed by atoms with Gasteiger partial charge in [-0.05, 0) is 45.9 Å². The summed E-state index contributed by atoms with van der Waals surface area (Å²) in [5.74, 6) is 0.827. The third kappa shape index (κ3) is 2.70. The molecule has 6 rings (SSSR count). The van der Waals surface area contributed by atoms with E-state index in [9.17, 15) is 0 Å². The first-order chi connectivity index (χ1) is 14.8. The van der Waals surface area contributed by atoms with E-state index in [2.05, 4.69) is 58.0 Å². The first-order valence-corrected chi connectivity index (χ1v) is 10.6. The Kier molecular flexibility index (Phi) is 3.78. The molecule has 0 saturated carbocycles. The van der Waals surface area contributed by atoms with Gasteiger partial charge in [0.15, 0.2) is 0 Å².